The van der Waals surface area contributed by atoms with E-state index in [1.807, 2.05) is 50.2 Å². The van der Waals surface area contributed by atoms with Crippen LogP contribution in [-0.2, 0) is 11.2 Å². The monoisotopic (exact) mass is 526 g/mol. The molecule has 0 radical (unpaired) electrons. The van der Waals surface area contributed by atoms with Crippen LogP contribution in [0.25, 0.3) is 34.3 Å². The van der Waals surface area contributed by atoms with Crippen LogP contribution in [-0.4, -0.2) is 38.1 Å². The van der Waals surface area contributed by atoms with Crippen molar-refractivity contribution in [1.82, 2.24) is 20.4 Å². The molecule has 2 aromatic heterocycles. The Morgan fingerprint density at radius 1 is 0.923 bits per heavy atom. The van der Waals surface area contributed by atoms with Gasteiger partial charge in [-0.05, 0) is 55.8 Å². The second-order valence-corrected chi connectivity index (χ2v) is 9.08. The van der Waals surface area contributed by atoms with Gasteiger partial charge in [-0.1, -0.05) is 46.6 Å². The first-order valence-electron chi connectivity index (χ1n) is 12.0. The third kappa shape index (κ3) is 5.74. The summed E-state index contributed by atoms with van der Waals surface area (Å²) in [5.74, 6) is -2.11. The number of aryl methyl sites for hydroxylation is 2. The minimum Gasteiger partial charge on any atom is -0.480 e. The molecule has 9 nitrogen and oxygen atoms in total. The Balaban J connectivity index is 1.28. The van der Waals surface area contributed by atoms with Gasteiger partial charge in [0.2, 0.25) is 11.7 Å². The predicted molar refractivity (Wildman–Crippen MR) is 139 cm³/mol. The minimum atomic E-state index is -1.33. The molecule has 1 amide bonds. The van der Waals surface area contributed by atoms with Gasteiger partial charge in [-0.2, -0.15) is 4.98 Å². The van der Waals surface area contributed by atoms with Crippen LogP contribution >= 0.6 is 0 Å². The van der Waals surface area contributed by atoms with E-state index in [1.54, 1.807) is 18.2 Å². The van der Waals surface area contributed by atoms with Crippen molar-refractivity contribution in [3.63, 3.8) is 0 Å². The van der Waals surface area contributed by atoms with Crippen LogP contribution in [0.15, 0.2) is 81.9 Å². The Kier molecular flexibility index (Phi) is 7.00. The number of halogens is 1. The smallest absolute Gasteiger partial charge is 0.326 e. The molecular weight excluding hydrogens is 503 g/mol. The van der Waals surface area contributed by atoms with E-state index < -0.39 is 23.7 Å². The summed E-state index contributed by atoms with van der Waals surface area (Å²) in [5, 5.41) is 16.0. The van der Waals surface area contributed by atoms with Gasteiger partial charge in [-0.3, -0.25) is 4.79 Å². The highest BCUT2D eigenvalue weighted by Crippen LogP contribution is 2.26. The van der Waals surface area contributed by atoms with Crippen molar-refractivity contribution < 1.29 is 28.0 Å². The number of carboxylic acid groups (broad SMARTS) is 1. The first-order chi connectivity index (χ1) is 18.8. The largest absolute Gasteiger partial charge is 0.480 e. The number of rotatable bonds is 8. The van der Waals surface area contributed by atoms with Gasteiger partial charge in [0.05, 0.1) is 5.56 Å². The number of carboxylic acids is 1. The lowest BCUT2D eigenvalue weighted by atomic mass is 10.0. The Hall–Kier alpha value is -5.12. The van der Waals surface area contributed by atoms with E-state index in [0.717, 1.165) is 17.4 Å². The van der Waals surface area contributed by atoms with Crippen molar-refractivity contribution in [2.75, 3.05) is 0 Å². The van der Waals surface area contributed by atoms with E-state index in [2.05, 4.69) is 20.4 Å². The molecule has 1 unspecified atom stereocenters. The van der Waals surface area contributed by atoms with Crippen molar-refractivity contribution in [1.29, 1.82) is 0 Å². The number of aliphatic carboxylic acids is 1. The highest BCUT2D eigenvalue weighted by atomic mass is 19.1. The molecule has 196 valence electrons. The second-order valence-electron chi connectivity index (χ2n) is 9.08. The quantitative estimate of drug-likeness (QED) is 0.281. The lowest BCUT2D eigenvalue weighted by Crippen LogP contribution is -2.42. The number of hydrogen-bond donors (Lipinski definition) is 2. The molecule has 0 fully saturated rings. The van der Waals surface area contributed by atoms with Gasteiger partial charge < -0.3 is 19.4 Å². The fourth-order valence-corrected chi connectivity index (χ4v) is 3.89. The normalized spacial score (nSPS) is 11.8. The molecule has 10 heteroatoms. The molecule has 3 aromatic carbocycles. The molecule has 0 aliphatic heterocycles. The van der Waals surface area contributed by atoms with Crippen LogP contribution in [0.4, 0.5) is 4.39 Å². The number of amides is 1. The molecule has 39 heavy (non-hydrogen) atoms. The molecule has 5 rings (SSSR count). The van der Waals surface area contributed by atoms with E-state index in [-0.39, 0.29) is 35.3 Å². The highest BCUT2D eigenvalue weighted by Gasteiger charge is 2.24. The van der Waals surface area contributed by atoms with Crippen LogP contribution in [0.3, 0.4) is 0 Å². The highest BCUT2D eigenvalue weighted by molar-refractivity contribution is 5.95. The lowest BCUT2D eigenvalue weighted by molar-refractivity contribution is -0.139. The van der Waals surface area contributed by atoms with Gasteiger partial charge >= 0.3 is 5.97 Å². The van der Waals surface area contributed by atoms with Gasteiger partial charge in [0, 0.05) is 17.5 Å². The molecule has 2 heterocycles. The molecule has 0 aliphatic rings. The molecule has 0 saturated carbocycles. The molecule has 0 bridgehead atoms. The van der Waals surface area contributed by atoms with Gasteiger partial charge in [-0.15, -0.1) is 0 Å². The van der Waals surface area contributed by atoms with Gasteiger partial charge in [0.15, 0.2) is 5.69 Å². The topological polar surface area (TPSA) is 131 Å². The average molecular weight is 527 g/mol. The Labute approximate surface area is 222 Å². The minimum absolute atomic E-state index is 0.0631. The molecule has 0 aliphatic carbocycles. The standard InChI is InChI=1S/C29H23FN4O5/c1-16-3-8-19(9-4-16)27-32-24(15-38-27)26(35)31-23(29(36)37)14-18-7-12-21(22(30)13-18)25-33-28(39-34-25)20-10-5-17(2)6-11-20/h3-13,15,23H,14H2,1-2H3,(H,31,35)(H,36,37). The van der Waals surface area contributed by atoms with E-state index in [4.69, 9.17) is 8.94 Å². The first-order valence-corrected chi connectivity index (χ1v) is 12.0. The average Bonchev–Trinajstić information content (AvgIpc) is 3.60. The summed E-state index contributed by atoms with van der Waals surface area (Å²) < 4.78 is 25.7. The number of nitrogens with zero attached hydrogens (tertiary/aromatic N) is 3. The predicted octanol–water partition coefficient (Wildman–Crippen LogP) is 5.24. The number of benzene rings is 3. The van der Waals surface area contributed by atoms with E-state index >= 15 is 0 Å². The Bertz CT molecular complexity index is 1640. The summed E-state index contributed by atoms with van der Waals surface area (Å²) in [7, 11) is 0. The third-order valence-electron chi connectivity index (χ3n) is 6.08. The van der Waals surface area contributed by atoms with E-state index in [9.17, 15) is 19.1 Å². The molecule has 2 N–H and O–H groups in total. The SMILES string of the molecule is Cc1ccc(-c2nc(C(=O)NC(Cc3ccc(-c4noc(-c5ccc(C)cc5)n4)c(F)c3)C(=O)O)co2)cc1. The summed E-state index contributed by atoms with van der Waals surface area (Å²) in [5.41, 5.74) is 3.90. The van der Waals surface area contributed by atoms with Crippen molar-refractivity contribution in [2.24, 2.45) is 0 Å². The Morgan fingerprint density at radius 2 is 1.56 bits per heavy atom. The van der Waals surface area contributed by atoms with Gasteiger partial charge in [0.25, 0.3) is 11.8 Å². The van der Waals surface area contributed by atoms with Crippen LogP contribution in [0.5, 0.6) is 0 Å². The van der Waals surface area contributed by atoms with Crippen molar-refractivity contribution in [3.05, 3.63) is 101 Å². The van der Waals surface area contributed by atoms with Crippen LogP contribution < -0.4 is 5.32 Å². The number of oxazole rings is 1. The Morgan fingerprint density at radius 3 is 2.18 bits per heavy atom. The summed E-state index contributed by atoms with van der Waals surface area (Å²) in [6.45, 7) is 3.90. The fraction of sp³-hybridized carbons (Fsp3) is 0.138. The molecule has 1 atom stereocenters. The summed E-state index contributed by atoms with van der Waals surface area (Å²) in [6.07, 6.45) is 0.996. The van der Waals surface area contributed by atoms with Gasteiger partial charge in [0.1, 0.15) is 18.1 Å². The zero-order chi connectivity index (χ0) is 27.5. The maximum atomic E-state index is 15.0. The fourth-order valence-electron chi connectivity index (χ4n) is 3.89. The molecule has 0 spiro atoms. The van der Waals surface area contributed by atoms with E-state index in [0.29, 0.717) is 16.7 Å². The molecule has 0 saturated heterocycles. The van der Waals surface area contributed by atoms with Crippen LogP contribution in [0.2, 0.25) is 0 Å². The van der Waals surface area contributed by atoms with Crippen molar-refractivity contribution in [3.8, 4) is 34.3 Å². The maximum Gasteiger partial charge on any atom is 0.326 e. The number of hydrogen-bond acceptors (Lipinski definition) is 7. The zero-order valence-electron chi connectivity index (χ0n) is 21.0. The number of carbonyl (C=O) groups excluding carboxylic acids is 1. The lowest BCUT2D eigenvalue weighted by Gasteiger charge is -2.14. The van der Waals surface area contributed by atoms with Crippen LogP contribution in [0.1, 0.15) is 27.2 Å². The van der Waals surface area contributed by atoms with Crippen molar-refractivity contribution >= 4 is 11.9 Å². The second kappa shape index (κ2) is 10.7. The maximum absolute atomic E-state index is 15.0. The summed E-state index contributed by atoms with van der Waals surface area (Å²) in [6, 6.07) is 17.7. The van der Waals surface area contributed by atoms with Crippen molar-refractivity contribution in [2.45, 2.75) is 26.3 Å². The van der Waals surface area contributed by atoms with Gasteiger partial charge in [-0.25, -0.2) is 14.2 Å². The number of aromatic nitrogens is 3. The number of carbonyl (C=O) groups is 2. The number of nitrogens with one attached hydrogen (secondary N) is 1. The zero-order valence-corrected chi connectivity index (χ0v) is 21.0. The van der Waals surface area contributed by atoms with Crippen LogP contribution in [0, 0.1) is 19.7 Å². The first kappa shape index (κ1) is 25.5. The molecular formula is C29H23FN4O5. The third-order valence-corrected chi connectivity index (χ3v) is 6.08. The van der Waals surface area contributed by atoms with E-state index in [1.165, 1.54) is 12.1 Å². The summed E-state index contributed by atoms with van der Waals surface area (Å²) >= 11 is 0. The molecule has 5 aromatic rings. The summed E-state index contributed by atoms with van der Waals surface area (Å²) in [4.78, 5) is 33.0.